The third-order valence-corrected chi connectivity index (χ3v) is 7.30. The fourth-order valence-corrected chi connectivity index (χ4v) is 5.47. The van der Waals surface area contributed by atoms with Gasteiger partial charge in [-0.2, -0.15) is 4.98 Å². The van der Waals surface area contributed by atoms with Crippen molar-refractivity contribution in [2.24, 2.45) is 5.92 Å². The summed E-state index contributed by atoms with van der Waals surface area (Å²) >= 11 is 12.7. The van der Waals surface area contributed by atoms with E-state index in [-0.39, 0.29) is 0 Å². The molecule has 2 aromatic heterocycles. The number of aromatic nitrogens is 3. The summed E-state index contributed by atoms with van der Waals surface area (Å²) in [5.74, 6) is 3.03. The molecule has 5 rings (SSSR count). The number of rotatable bonds is 4. The highest BCUT2D eigenvalue weighted by Crippen LogP contribution is 2.39. The number of methoxy groups -OCH3 is 1. The van der Waals surface area contributed by atoms with Crippen LogP contribution in [0.2, 0.25) is 10.0 Å². The van der Waals surface area contributed by atoms with Crippen LogP contribution in [0.1, 0.15) is 44.9 Å². The van der Waals surface area contributed by atoms with Crippen molar-refractivity contribution in [1.29, 1.82) is 0 Å². The minimum Gasteiger partial charge on any atom is -0.481 e. The van der Waals surface area contributed by atoms with E-state index < -0.39 is 0 Å². The maximum absolute atomic E-state index is 6.40. The number of hydrogen-bond acceptors (Lipinski definition) is 4. The molecule has 2 fully saturated rings. The Labute approximate surface area is 187 Å². The van der Waals surface area contributed by atoms with Gasteiger partial charge in [0.2, 0.25) is 11.8 Å². The molecule has 0 N–H and O–H groups in total. The molecule has 1 atom stereocenters. The van der Waals surface area contributed by atoms with Crippen LogP contribution < -0.4 is 9.64 Å². The third kappa shape index (κ3) is 3.52. The minimum absolute atomic E-state index is 0.518. The topological polar surface area (TPSA) is 43.2 Å². The van der Waals surface area contributed by atoms with Crippen molar-refractivity contribution in [3.05, 3.63) is 40.4 Å². The third-order valence-electron chi connectivity index (χ3n) is 6.58. The van der Waals surface area contributed by atoms with Gasteiger partial charge in [-0.15, -0.1) is 0 Å². The van der Waals surface area contributed by atoms with E-state index in [0.717, 1.165) is 35.3 Å². The van der Waals surface area contributed by atoms with Gasteiger partial charge in [0.05, 0.1) is 28.2 Å². The SMILES string of the molecule is COc1cccc(-n2c(N3CCCCC3C3CCCC3)nc3cc(Cl)c(Cl)cc32)n1. The van der Waals surface area contributed by atoms with E-state index in [1.54, 1.807) is 7.11 Å². The zero-order valence-electron chi connectivity index (χ0n) is 17.2. The van der Waals surface area contributed by atoms with Crippen molar-refractivity contribution in [2.45, 2.75) is 51.0 Å². The van der Waals surface area contributed by atoms with Gasteiger partial charge >= 0.3 is 0 Å². The van der Waals surface area contributed by atoms with Gasteiger partial charge in [0, 0.05) is 18.7 Å². The molecule has 30 heavy (non-hydrogen) atoms. The predicted octanol–water partition coefficient (Wildman–Crippen LogP) is 6.29. The Morgan fingerprint density at radius 2 is 1.73 bits per heavy atom. The lowest BCUT2D eigenvalue weighted by Crippen LogP contribution is -2.45. The first-order valence-corrected chi connectivity index (χ1v) is 11.6. The lowest BCUT2D eigenvalue weighted by molar-refractivity contribution is 0.337. The van der Waals surface area contributed by atoms with Crippen LogP contribution in [-0.4, -0.2) is 34.2 Å². The Balaban J connectivity index is 1.70. The van der Waals surface area contributed by atoms with Gasteiger partial charge < -0.3 is 9.64 Å². The van der Waals surface area contributed by atoms with Crippen molar-refractivity contribution < 1.29 is 4.74 Å². The molecule has 0 amide bonds. The van der Waals surface area contributed by atoms with Crippen molar-refractivity contribution in [1.82, 2.24) is 14.5 Å². The largest absolute Gasteiger partial charge is 0.481 e. The fourth-order valence-electron chi connectivity index (χ4n) is 5.16. The van der Waals surface area contributed by atoms with Gasteiger partial charge in [0.15, 0.2) is 0 Å². The molecule has 1 aliphatic carbocycles. The van der Waals surface area contributed by atoms with Crippen LogP contribution >= 0.6 is 23.2 Å². The summed E-state index contributed by atoms with van der Waals surface area (Å²) in [6.45, 7) is 1.01. The second kappa shape index (κ2) is 8.27. The summed E-state index contributed by atoms with van der Waals surface area (Å²) in [4.78, 5) is 12.3. The van der Waals surface area contributed by atoms with E-state index in [1.807, 2.05) is 30.3 Å². The molecular formula is C23H26Cl2N4O. The maximum Gasteiger partial charge on any atom is 0.214 e. The number of anilines is 1. The Morgan fingerprint density at radius 1 is 0.967 bits per heavy atom. The van der Waals surface area contributed by atoms with E-state index in [1.165, 1.54) is 44.9 Å². The quantitative estimate of drug-likeness (QED) is 0.474. The maximum atomic E-state index is 6.40. The van der Waals surface area contributed by atoms with Gasteiger partial charge in [-0.3, -0.25) is 4.57 Å². The molecule has 0 radical (unpaired) electrons. The first kappa shape index (κ1) is 20.0. The van der Waals surface area contributed by atoms with E-state index in [0.29, 0.717) is 22.0 Å². The van der Waals surface area contributed by atoms with Gasteiger partial charge in [0.1, 0.15) is 5.82 Å². The molecular weight excluding hydrogens is 419 g/mol. The molecule has 1 unspecified atom stereocenters. The molecule has 2 aliphatic rings. The number of pyridine rings is 1. The Hall–Kier alpha value is -1.98. The molecule has 158 valence electrons. The molecule has 1 saturated carbocycles. The minimum atomic E-state index is 0.518. The zero-order chi connectivity index (χ0) is 20.7. The number of fused-ring (bicyclic) bond motifs is 1. The molecule has 0 spiro atoms. The first-order valence-electron chi connectivity index (χ1n) is 10.8. The van der Waals surface area contributed by atoms with E-state index >= 15 is 0 Å². The Morgan fingerprint density at radius 3 is 2.53 bits per heavy atom. The second-order valence-electron chi connectivity index (χ2n) is 8.34. The second-order valence-corrected chi connectivity index (χ2v) is 9.16. The van der Waals surface area contributed by atoms with Crippen molar-refractivity contribution in [3.8, 4) is 11.7 Å². The monoisotopic (exact) mass is 444 g/mol. The van der Waals surface area contributed by atoms with Crippen LogP contribution in [-0.2, 0) is 0 Å². The lowest BCUT2D eigenvalue weighted by Gasteiger charge is -2.40. The standard InChI is InChI=1S/C23H26Cl2N4O/c1-30-22-11-6-10-21(27-22)29-20-14-17(25)16(24)13-18(20)26-23(29)28-12-5-4-9-19(28)15-7-2-3-8-15/h6,10-11,13-15,19H,2-5,7-9,12H2,1H3. The van der Waals surface area contributed by atoms with E-state index in [2.05, 4.69) is 9.47 Å². The number of ether oxygens (including phenoxy) is 1. The summed E-state index contributed by atoms with van der Waals surface area (Å²) in [6.07, 6.45) is 9.00. The zero-order valence-corrected chi connectivity index (χ0v) is 18.7. The number of benzene rings is 1. The van der Waals surface area contributed by atoms with Gasteiger partial charge in [-0.1, -0.05) is 42.1 Å². The summed E-state index contributed by atoms with van der Waals surface area (Å²) in [7, 11) is 1.64. The highest BCUT2D eigenvalue weighted by molar-refractivity contribution is 6.42. The van der Waals surface area contributed by atoms with Crippen LogP contribution in [0.15, 0.2) is 30.3 Å². The summed E-state index contributed by atoms with van der Waals surface area (Å²) < 4.78 is 7.51. The Kier molecular flexibility index (Phi) is 5.50. The lowest BCUT2D eigenvalue weighted by atomic mass is 9.89. The molecule has 5 nitrogen and oxygen atoms in total. The molecule has 0 bridgehead atoms. The van der Waals surface area contributed by atoms with Gasteiger partial charge in [0.25, 0.3) is 0 Å². The highest BCUT2D eigenvalue weighted by Gasteiger charge is 2.34. The average molecular weight is 445 g/mol. The number of imidazole rings is 1. The number of nitrogens with zero attached hydrogens (tertiary/aromatic N) is 4. The van der Waals surface area contributed by atoms with Crippen molar-refractivity contribution >= 4 is 40.2 Å². The molecule has 1 aromatic carbocycles. The fraction of sp³-hybridized carbons (Fsp3) is 0.478. The number of piperidine rings is 1. The summed E-state index contributed by atoms with van der Waals surface area (Å²) in [5, 5.41) is 1.04. The summed E-state index contributed by atoms with van der Waals surface area (Å²) in [6, 6.07) is 10.1. The van der Waals surface area contributed by atoms with Crippen LogP contribution in [0.3, 0.4) is 0 Å². The average Bonchev–Trinajstić information content (AvgIpc) is 3.42. The van der Waals surface area contributed by atoms with E-state index in [4.69, 9.17) is 37.9 Å². The Bertz CT molecular complexity index is 1060. The van der Waals surface area contributed by atoms with Crippen molar-refractivity contribution in [3.63, 3.8) is 0 Å². The normalized spacial score (nSPS) is 20.2. The molecule has 3 heterocycles. The smallest absolute Gasteiger partial charge is 0.214 e. The predicted molar refractivity (Wildman–Crippen MR) is 122 cm³/mol. The van der Waals surface area contributed by atoms with Gasteiger partial charge in [-0.05, 0) is 56.2 Å². The molecule has 3 aromatic rings. The van der Waals surface area contributed by atoms with E-state index in [9.17, 15) is 0 Å². The molecule has 7 heteroatoms. The van der Waals surface area contributed by atoms with Gasteiger partial charge in [-0.25, -0.2) is 4.98 Å². The molecule has 1 aliphatic heterocycles. The molecule has 1 saturated heterocycles. The number of halogens is 2. The van der Waals surface area contributed by atoms with Crippen LogP contribution in [0.4, 0.5) is 5.95 Å². The van der Waals surface area contributed by atoms with Crippen LogP contribution in [0, 0.1) is 5.92 Å². The van der Waals surface area contributed by atoms with Crippen molar-refractivity contribution in [2.75, 3.05) is 18.6 Å². The highest BCUT2D eigenvalue weighted by atomic mass is 35.5. The first-order chi connectivity index (χ1) is 14.7. The van der Waals surface area contributed by atoms with Crippen LogP contribution in [0.5, 0.6) is 5.88 Å². The summed E-state index contributed by atoms with van der Waals surface area (Å²) in [5.41, 5.74) is 1.75. The number of hydrogen-bond donors (Lipinski definition) is 0. The van der Waals surface area contributed by atoms with Crippen LogP contribution in [0.25, 0.3) is 16.9 Å².